The van der Waals surface area contributed by atoms with Crippen molar-refractivity contribution < 1.29 is 4.48 Å². The second kappa shape index (κ2) is 6.07. The number of hydrogen-bond donors (Lipinski definition) is 0. The highest BCUT2D eigenvalue weighted by atomic mass is 35.5. The van der Waals surface area contributed by atoms with Gasteiger partial charge in [-0.3, -0.25) is 0 Å². The van der Waals surface area contributed by atoms with Crippen molar-refractivity contribution >= 4 is 11.6 Å². The van der Waals surface area contributed by atoms with E-state index in [1.165, 1.54) is 68.1 Å². The van der Waals surface area contributed by atoms with Crippen molar-refractivity contribution in [1.82, 2.24) is 0 Å². The Bertz CT molecular complexity index is 427. The zero-order chi connectivity index (χ0) is 14.0. The van der Waals surface area contributed by atoms with E-state index >= 15 is 0 Å². The fourth-order valence-electron chi connectivity index (χ4n) is 4.59. The minimum atomic E-state index is 0.690. The minimum Gasteiger partial charge on any atom is -0.320 e. The summed E-state index contributed by atoms with van der Waals surface area (Å²) in [6.45, 7) is 2.70. The predicted octanol–water partition coefficient (Wildman–Crippen LogP) is 5.20. The summed E-state index contributed by atoms with van der Waals surface area (Å²) in [4.78, 5) is 0. The summed E-state index contributed by atoms with van der Waals surface area (Å²) in [6, 6.07) is 9.41. The second-order valence-electron chi connectivity index (χ2n) is 7.03. The van der Waals surface area contributed by atoms with Crippen molar-refractivity contribution in [3.05, 3.63) is 34.9 Å². The van der Waals surface area contributed by atoms with Gasteiger partial charge in [0.25, 0.3) is 0 Å². The summed E-state index contributed by atoms with van der Waals surface area (Å²) in [6.07, 6.45) is 9.90. The van der Waals surface area contributed by atoms with Gasteiger partial charge >= 0.3 is 0 Å². The SMILES string of the molecule is C[N+]1(C(c2ccc(Cl)cc2)C2CCCC2)CCCCC1. The number of quaternary nitrogens is 1. The Morgan fingerprint density at radius 2 is 1.55 bits per heavy atom. The van der Waals surface area contributed by atoms with Crippen LogP contribution in [-0.2, 0) is 0 Å². The van der Waals surface area contributed by atoms with Crippen molar-refractivity contribution in [2.75, 3.05) is 20.1 Å². The lowest BCUT2D eigenvalue weighted by molar-refractivity contribution is -0.947. The van der Waals surface area contributed by atoms with E-state index in [-0.39, 0.29) is 0 Å². The first-order chi connectivity index (χ1) is 9.69. The maximum atomic E-state index is 6.09. The van der Waals surface area contributed by atoms with Crippen molar-refractivity contribution in [3.8, 4) is 0 Å². The van der Waals surface area contributed by atoms with Crippen LogP contribution < -0.4 is 0 Å². The monoisotopic (exact) mass is 292 g/mol. The Kier molecular flexibility index (Phi) is 4.37. The van der Waals surface area contributed by atoms with Gasteiger partial charge in [-0.25, -0.2) is 0 Å². The van der Waals surface area contributed by atoms with E-state index in [4.69, 9.17) is 11.6 Å². The van der Waals surface area contributed by atoms with Gasteiger partial charge in [0.05, 0.1) is 20.1 Å². The molecule has 2 aliphatic rings. The molecule has 2 heteroatoms. The van der Waals surface area contributed by atoms with E-state index in [0.29, 0.717) is 6.04 Å². The van der Waals surface area contributed by atoms with Gasteiger partial charge in [-0.05, 0) is 44.2 Å². The lowest BCUT2D eigenvalue weighted by atomic mass is 9.87. The number of nitrogens with zero attached hydrogens (tertiary/aromatic N) is 1. The molecule has 0 aromatic heterocycles. The molecular weight excluding hydrogens is 266 g/mol. The Balaban J connectivity index is 1.92. The predicted molar refractivity (Wildman–Crippen MR) is 85.9 cm³/mol. The number of halogens is 1. The van der Waals surface area contributed by atoms with Crippen LogP contribution in [0.4, 0.5) is 0 Å². The zero-order valence-electron chi connectivity index (χ0n) is 12.7. The highest BCUT2D eigenvalue weighted by molar-refractivity contribution is 6.30. The largest absolute Gasteiger partial charge is 0.320 e. The molecule has 0 N–H and O–H groups in total. The van der Waals surface area contributed by atoms with Crippen LogP contribution in [0.25, 0.3) is 0 Å². The van der Waals surface area contributed by atoms with Crippen molar-refractivity contribution in [3.63, 3.8) is 0 Å². The van der Waals surface area contributed by atoms with E-state index in [1.54, 1.807) is 0 Å². The lowest BCUT2D eigenvalue weighted by Crippen LogP contribution is -2.52. The fourth-order valence-corrected chi connectivity index (χ4v) is 4.71. The normalized spacial score (nSPS) is 24.7. The highest BCUT2D eigenvalue weighted by Gasteiger charge is 2.41. The molecule has 1 aliphatic carbocycles. The maximum Gasteiger partial charge on any atom is 0.117 e. The summed E-state index contributed by atoms with van der Waals surface area (Å²) in [7, 11) is 2.50. The average molecular weight is 293 g/mol. The number of likely N-dealkylation sites (tertiary alicyclic amines) is 1. The number of benzene rings is 1. The third kappa shape index (κ3) is 2.89. The van der Waals surface area contributed by atoms with Crippen LogP contribution >= 0.6 is 11.6 Å². The van der Waals surface area contributed by atoms with Crippen LogP contribution in [0.5, 0.6) is 0 Å². The van der Waals surface area contributed by atoms with Gasteiger partial charge in [0.15, 0.2) is 0 Å². The Morgan fingerprint density at radius 3 is 2.15 bits per heavy atom. The number of piperidine rings is 1. The van der Waals surface area contributed by atoms with E-state index in [0.717, 1.165) is 10.9 Å². The third-order valence-corrected chi connectivity index (χ3v) is 5.82. The molecule has 3 rings (SSSR count). The highest BCUT2D eigenvalue weighted by Crippen LogP contribution is 2.44. The average Bonchev–Trinajstić information content (AvgIpc) is 2.96. The van der Waals surface area contributed by atoms with Gasteiger partial charge in [-0.2, -0.15) is 0 Å². The summed E-state index contributed by atoms with van der Waals surface area (Å²) in [5.41, 5.74) is 1.52. The molecule has 1 saturated heterocycles. The molecule has 0 bridgehead atoms. The zero-order valence-corrected chi connectivity index (χ0v) is 13.4. The van der Waals surface area contributed by atoms with Crippen molar-refractivity contribution in [2.24, 2.45) is 5.92 Å². The number of rotatable bonds is 3. The van der Waals surface area contributed by atoms with Gasteiger partial charge < -0.3 is 4.48 Å². The van der Waals surface area contributed by atoms with Crippen LogP contribution in [0.1, 0.15) is 56.6 Å². The standard InChI is InChI=1S/C18H27ClN/c1-20(13-5-2-6-14-20)18(15-7-3-4-8-15)16-9-11-17(19)12-10-16/h9-12,15,18H,2-8,13-14H2,1H3/q+1. The molecule has 0 radical (unpaired) electrons. The molecule has 1 aromatic carbocycles. The van der Waals surface area contributed by atoms with E-state index < -0.39 is 0 Å². The van der Waals surface area contributed by atoms with Crippen molar-refractivity contribution in [1.29, 1.82) is 0 Å². The first-order valence-electron chi connectivity index (χ1n) is 8.29. The fraction of sp³-hybridized carbons (Fsp3) is 0.667. The molecule has 110 valence electrons. The Labute approximate surface area is 128 Å². The minimum absolute atomic E-state index is 0.690. The van der Waals surface area contributed by atoms with Gasteiger partial charge in [0.2, 0.25) is 0 Å². The van der Waals surface area contributed by atoms with Crippen LogP contribution in [0.15, 0.2) is 24.3 Å². The van der Waals surface area contributed by atoms with Crippen LogP contribution in [0.3, 0.4) is 0 Å². The number of hydrogen-bond acceptors (Lipinski definition) is 0. The first kappa shape index (κ1) is 14.4. The van der Waals surface area contributed by atoms with E-state index in [9.17, 15) is 0 Å². The maximum absolute atomic E-state index is 6.09. The molecule has 1 heterocycles. The molecular formula is C18H27ClN+. The summed E-state index contributed by atoms with van der Waals surface area (Å²) < 4.78 is 1.26. The molecule has 1 nitrogen and oxygen atoms in total. The second-order valence-corrected chi connectivity index (χ2v) is 7.46. The molecule has 1 atom stereocenters. The van der Waals surface area contributed by atoms with E-state index in [1.807, 2.05) is 0 Å². The van der Waals surface area contributed by atoms with Gasteiger partial charge in [-0.15, -0.1) is 0 Å². The van der Waals surface area contributed by atoms with Gasteiger partial charge in [0.1, 0.15) is 6.04 Å². The summed E-state index contributed by atoms with van der Waals surface area (Å²) >= 11 is 6.09. The summed E-state index contributed by atoms with van der Waals surface area (Å²) in [5.74, 6) is 0.874. The van der Waals surface area contributed by atoms with Gasteiger partial charge in [-0.1, -0.05) is 36.6 Å². The molecule has 20 heavy (non-hydrogen) atoms. The molecule has 2 fully saturated rings. The van der Waals surface area contributed by atoms with Crippen LogP contribution in [0, 0.1) is 5.92 Å². The molecule has 1 saturated carbocycles. The van der Waals surface area contributed by atoms with E-state index in [2.05, 4.69) is 31.3 Å². The van der Waals surface area contributed by atoms with Crippen LogP contribution in [-0.4, -0.2) is 24.6 Å². The van der Waals surface area contributed by atoms with Gasteiger partial charge in [0, 0.05) is 16.5 Å². The smallest absolute Gasteiger partial charge is 0.117 e. The van der Waals surface area contributed by atoms with Crippen molar-refractivity contribution in [2.45, 2.75) is 51.0 Å². The topological polar surface area (TPSA) is 0 Å². The molecule has 1 aliphatic heterocycles. The third-order valence-electron chi connectivity index (χ3n) is 5.57. The molecule has 1 unspecified atom stereocenters. The Morgan fingerprint density at radius 1 is 0.950 bits per heavy atom. The quantitative estimate of drug-likeness (QED) is 0.672. The first-order valence-corrected chi connectivity index (χ1v) is 8.66. The molecule has 0 amide bonds. The van der Waals surface area contributed by atoms with Crippen LogP contribution in [0.2, 0.25) is 5.02 Å². The lowest BCUT2D eigenvalue weighted by Gasteiger charge is -2.47. The summed E-state index contributed by atoms with van der Waals surface area (Å²) in [5, 5.41) is 0.861. The molecule has 0 spiro atoms. The molecule has 1 aromatic rings. The Hall–Kier alpha value is -0.530.